The lowest BCUT2D eigenvalue weighted by atomic mass is 10.0. The van der Waals surface area contributed by atoms with Crippen LogP contribution in [0.15, 0.2) is 24.3 Å². The Morgan fingerprint density at radius 1 is 1.16 bits per heavy atom. The Hall–Kier alpha value is -2.39. The van der Waals surface area contributed by atoms with Crippen molar-refractivity contribution in [1.29, 1.82) is 0 Å². The topological polar surface area (TPSA) is 103 Å². The molecule has 31 heavy (non-hydrogen) atoms. The molecule has 8 nitrogen and oxygen atoms in total. The van der Waals surface area contributed by atoms with Gasteiger partial charge in [0.2, 0.25) is 10.0 Å². The summed E-state index contributed by atoms with van der Waals surface area (Å²) in [6.45, 7) is 11.7. The second-order valence-corrected chi connectivity index (χ2v) is 10.6. The average Bonchev–Trinajstić information content (AvgIpc) is 2.72. The van der Waals surface area contributed by atoms with Crippen LogP contribution in [0.25, 0.3) is 10.9 Å². The molecule has 2 N–H and O–H groups in total. The van der Waals surface area contributed by atoms with Crippen molar-refractivity contribution >= 4 is 38.4 Å². The van der Waals surface area contributed by atoms with Gasteiger partial charge < -0.3 is 10.0 Å². The molecule has 0 amide bonds. The van der Waals surface area contributed by atoms with Crippen LogP contribution in [-0.4, -0.2) is 67.4 Å². The van der Waals surface area contributed by atoms with E-state index in [9.17, 15) is 18.3 Å². The average molecular weight is 449 g/mol. The zero-order chi connectivity index (χ0) is 22.8. The summed E-state index contributed by atoms with van der Waals surface area (Å²) in [6.07, 6.45) is 1.15. The maximum absolute atomic E-state index is 12.0. The number of carboxylic acids is 1. The fourth-order valence-electron chi connectivity index (χ4n) is 4.09. The lowest BCUT2D eigenvalue weighted by Gasteiger charge is -2.39. The lowest BCUT2D eigenvalue weighted by molar-refractivity contribution is 0.0699. The molecule has 0 saturated carbocycles. The van der Waals surface area contributed by atoms with Crippen LogP contribution < -0.4 is 9.62 Å². The van der Waals surface area contributed by atoms with Crippen LogP contribution in [0.2, 0.25) is 0 Å². The molecule has 1 atom stereocenters. The van der Waals surface area contributed by atoms with Crippen molar-refractivity contribution in [2.24, 2.45) is 5.92 Å². The molecule has 3 rings (SSSR count). The van der Waals surface area contributed by atoms with Gasteiger partial charge in [-0.15, -0.1) is 0 Å². The number of nitrogens with one attached hydrogen (secondary N) is 1. The van der Waals surface area contributed by atoms with Gasteiger partial charge in [-0.25, -0.2) is 18.2 Å². The molecule has 170 valence electrons. The molecule has 2 heterocycles. The van der Waals surface area contributed by atoms with Gasteiger partial charge in [0.15, 0.2) is 0 Å². The Kier molecular flexibility index (Phi) is 7.06. The predicted octanol–water partition coefficient (Wildman–Crippen LogP) is 3.25. The number of hydrogen-bond acceptors (Lipinski definition) is 6. The van der Waals surface area contributed by atoms with Crippen LogP contribution in [0.5, 0.6) is 0 Å². The van der Waals surface area contributed by atoms with Crippen molar-refractivity contribution in [1.82, 2.24) is 9.88 Å². The van der Waals surface area contributed by atoms with E-state index in [-0.39, 0.29) is 11.3 Å². The molecule has 1 aromatic carbocycles. The molecular weight excluding hydrogens is 416 g/mol. The Morgan fingerprint density at radius 3 is 2.42 bits per heavy atom. The number of nitrogens with zero attached hydrogens (tertiary/aromatic N) is 3. The molecule has 2 aromatic rings. The van der Waals surface area contributed by atoms with Crippen molar-refractivity contribution in [3.63, 3.8) is 0 Å². The molecule has 0 spiro atoms. The largest absolute Gasteiger partial charge is 0.478 e. The van der Waals surface area contributed by atoms with Gasteiger partial charge in [-0.2, -0.15) is 0 Å². The van der Waals surface area contributed by atoms with Crippen molar-refractivity contribution < 1.29 is 18.3 Å². The molecular formula is C22H32N4O4S. The summed E-state index contributed by atoms with van der Waals surface area (Å²) < 4.78 is 26.2. The Balaban J connectivity index is 1.85. The Labute approximate surface area is 184 Å². The Bertz CT molecular complexity index is 1050. The highest BCUT2D eigenvalue weighted by molar-refractivity contribution is 7.92. The third-order valence-corrected chi connectivity index (χ3v) is 7.06. The van der Waals surface area contributed by atoms with E-state index in [0.717, 1.165) is 32.6 Å². The zero-order valence-corrected chi connectivity index (χ0v) is 19.4. The third kappa shape index (κ3) is 5.65. The van der Waals surface area contributed by atoms with Gasteiger partial charge in [0.25, 0.3) is 0 Å². The summed E-state index contributed by atoms with van der Waals surface area (Å²) in [5.74, 6) is 0.173. The molecule has 1 aliphatic heterocycles. The van der Waals surface area contributed by atoms with Crippen LogP contribution >= 0.6 is 0 Å². The van der Waals surface area contributed by atoms with E-state index in [1.807, 2.05) is 0 Å². The third-order valence-electron chi connectivity index (χ3n) is 5.75. The van der Waals surface area contributed by atoms with E-state index in [1.54, 1.807) is 25.1 Å². The summed E-state index contributed by atoms with van der Waals surface area (Å²) in [5.41, 5.74) is 0.984. The van der Waals surface area contributed by atoms with E-state index in [4.69, 9.17) is 0 Å². The molecule has 1 aromatic heterocycles. The zero-order valence-electron chi connectivity index (χ0n) is 18.6. The number of pyridine rings is 1. The molecule has 0 radical (unpaired) electrons. The number of sulfonamides is 1. The van der Waals surface area contributed by atoms with Gasteiger partial charge >= 0.3 is 5.97 Å². The minimum Gasteiger partial charge on any atom is -0.478 e. The number of benzene rings is 1. The number of rotatable bonds is 8. The van der Waals surface area contributed by atoms with Crippen LogP contribution in [0.3, 0.4) is 0 Å². The number of carboxylic acid groups (broad SMARTS) is 1. The van der Waals surface area contributed by atoms with E-state index < -0.39 is 16.0 Å². The Morgan fingerprint density at radius 2 is 1.84 bits per heavy atom. The minimum absolute atomic E-state index is 0.0597. The normalized spacial score (nSPS) is 16.6. The van der Waals surface area contributed by atoms with E-state index in [0.29, 0.717) is 34.4 Å². The highest BCUT2D eigenvalue weighted by Gasteiger charge is 2.24. The number of carbonyl (C=O) groups is 1. The molecule has 1 aliphatic rings. The first kappa shape index (κ1) is 23.3. The number of anilines is 2. The van der Waals surface area contributed by atoms with E-state index >= 15 is 0 Å². The van der Waals surface area contributed by atoms with Gasteiger partial charge in [-0.05, 0) is 50.5 Å². The SMILES string of the molecule is CCS(=O)(=O)Nc1ccc2nc(N3CCN(C(C)CC(C)C)CC3)cc(C(=O)O)c2c1. The number of piperazine rings is 1. The van der Waals surface area contributed by atoms with Crippen molar-refractivity contribution in [3.8, 4) is 0 Å². The number of fused-ring (bicyclic) bond motifs is 1. The van der Waals surface area contributed by atoms with Gasteiger partial charge in [0, 0.05) is 43.3 Å². The summed E-state index contributed by atoms with van der Waals surface area (Å²) in [6, 6.07) is 6.93. The monoisotopic (exact) mass is 448 g/mol. The highest BCUT2D eigenvalue weighted by atomic mass is 32.2. The van der Waals surface area contributed by atoms with Gasteiger partial charge in [-0.3, -0.25) is 9.62 Å². The summed E-state index contributed by atoms with van der Waals surface area (Å²) >= 11 is 0. The standard InChI is InChI=1S/C22H32N4O4S/c1-5-31(29,30)24-17-6-7-20-18(13-17)19(22(27)28)14-21(23-20)26-10-8-25(9-11-26)16(4)12-15(2)3/h6-7,13-16,24H,5,8-12H2,1-4H3,(H,27,28). The molecule has 1 fully saturated rings. The summed E-state index contributed by atoms with van der Waals surface area (Å²) in [7, 11) is -3.45. The van der Waals surface area contributed by atoms with Crippen molar-refractivity contribution in [2.45, 2.75) is 40.2 Å². The minimum atomic E-state index is -3.45. The van der Waals surface area contributed by atoms with E-state index in [1.165, 1.54) is 6.07 Å². The maximum atomic E-state index is 12.0. The van der Waals surface area contributed by atoms with Crippen molar-refractivity contribution in [3.05, 3.63) is 29.8 Å². The second kappa shape index (κ2) is 9.40. The maximum Gasteiger partial charge on any atom is 0.336 e. The van der Waals surface area contributed by atoms with Crippen LogP contribution in [-0.2, 0) is 10.0 Å². The van der Waals surface area contributed by atoms with Crippen LogP contribution in [0.1, 0.15) is 44.5 Å². The van der Waals surface area contributed by atoms with Gasteiger partial charge in [0.1, 0.15) is 5.82 Å². The molecule has 0 aliphatic carbocycles. The van der Waals surface area contributed by atoms with Crippen LogP contribution in [0, 0.1) is 5.92 Å². The first-order chi connectivity index (χ1) is 14.6. The predicted molar refractivity (Wildman–Crippen MR) is 124 cm³/mol. The van der Waals surface area contributed by atoms with E-state index in [2.05, 4.69) is 40.3 Å². The fraction of sp³-hybridized carbons (Fsp3) is 0.545. The van der Waals surface area contributed by atoms with Gasteiger partial charge in [-0.1, -0.05) is 13.8 Å². The van der Waals surface area contributed by atoms with Crippen molar-refractivity contribution in [2.75, 3.05) is 41.6 Å². The molecule has 1 unspecified atom stereocenters. The molecule has 1 saturated heterocycles. The molecule has 9 heteroatoms. The smallest absolute Gasteiger partial charge is 0.336 e. The fourth-order valence-corrected chi connectivity index (χ4v) is 4.72. The lowest BCUT2D eigenvalue weighted by Crippen LogP contribution is -2.50. The quantitative estimate of drug-likeness (QED) is 0.639. The summed E-state index contributed by atoms with van der Waals surface area (Å²) in [4.78, 5) is 21.2. The first-order valence-corrected chi connectivity index (χ1v) is 12.4. The highest BCUT2D eigenvalue weighted by Crippen LogP contribution is 2.27. The number of aromatic nitrogens is 1. The number of aromatic carboxylic acids is 1. The molecule has 0 bridgehead atoms. The number of hydrogen-bond donors (Lipinski definition) is 2. The first-order valence-electron chi connectivity index (χ1n) is 10.8. The van der Waals surface area contributed by atoms with Crippen LogP contribution in [0.4, 0.5) is 11.5 Å². The van der Waals surface area contributed by atoms with Gasteiger partial charge in [0.05, 0.1) is 16.8 Å². The summed E-state index contributed by atoms with van der Waals surface area (Å²) in [5, 5.41) is 10.2. The second-order valence-electron chi connectivity index (χ2n) is 8.57.